The molecule has 5 nitrogen and oxygen atoms in total. The Balaban J connectivity index is 2.23. The molecule has 1 N–H and O–H groups in total. The van der Waals surface area contributed by atoms with Gasteiger partial charge in [-0.25, -0.2) is 0 Å². The third kappa shape index (κ3) is 3.20. The first-order chi connectivity index (χ1) is 9.58. The van der Waals surface area contributed by atoms with Gasteiger partial charge in [0.15, 0.2) is 5.78 Å². The molecular formula is C15H14N2O3. The number of ketones is 1. The van der Waals surface area contributed by atoms with Gasteiger partial charge in [0.1, 0.15) is 5.69 Å². The number of carbonyl (C=O) groups is 1. The Morgan fingerprint density at radius 2 is 1.90 bits per heavy atom. The van der Waals surface area contributed by atoms with Crippen molar-refractivity contribution in [2.75, 3.05) is 5.32 Å². The molecule has 0 bridgehead atoms. The zero-order valence-corrected chi connectivity index (χ0v) is 11.0. The molecule has 0 aliphatic heterocycles. The molecule has 0 spiro atoms. The van der Waals surface area contributed by atoms with Crippen LogP contribution in [0.3, 0.4) is 0 Å². The van der Waals surface area contributed by atoms with Gasteiger partial charge in [-0.1, -0.05) is 30.3 Å². The summed E-state index contributed by atoms with van der Waals surface area (Å²) in [5.74, 6) is -0.192. The summed E-state index contributed by atoms with van der Waals surface area (Å²) in [5, 5.41) is 14.1. The summed E-state index contributed by atoms with van der Waals surface area (Å²) in [6, 6.07) is 14.0. The van der Waals surface area contributed by atoms with E-state index in [2.05, 4.69) is 5.32 Å². The molecule has 2 rings (SSSR count). The van der Waals surface area contributed by atoms with E-state index in [0.717, 1.165) is 5.56 Å². The number of nitro benzene ring substituents is 1. The van der Waals surface area contributed by atoms with E-state index < -0.39 is 4.92 Å². The zero-order chi connectivity index (χ0) is 14.5. The second kappa shape index (κ2) is 5.97. The maximum atomic E-state index is 11.3. The van der Waals surface area contributed by atoms with Gasteiger partial charge in [-0.2, -0.15) is 0 Å². The predicted molar refractivity (Wildman–Crippen MR) is 76.9 cm³/mol. The summed E-state index contributed by atoms with van der Waals surface area (Å²) in [5.41, 5.74) is 1.68. The highest BCUT2D eigenvalue weighted by atomic mass is 16.6. The van der Waals surface area contributed by atoms with Gasteiger partial charge in [0.2, 0.25) is 0 Å². The molecule has 0 aliphatic rings. The standard InChI is InChI=1S/C15H14N2O3/c1-11(18)13-7-8-14(15(9-13)17(19)20)16-10-12-5-3-2-4-6-12/h2-9,16H,10H2,1H3. The Labute approximate surface area is 116 Å². The smallest absolute Gasteiger partial charge is 0.293 e. The number of Topliss-reactive ketones (excluding diaryl/α,β-unsaturated/α-hetero) is 1. The van der Waals surface area contributed by atoms with E-state index in [1.807, 2.05) is 30.3 Å². The van der Waals surface area contributed by atoms with E-state index in [0.29, 0.717) is 17.8 Å². The summed E-state index contributed by atoms with van der Waals surface area (Å²) in [7, 11) is 0. The molecule has 0 aliphatic carbocycles. The monoisotopic (exact) mass is 270 g/mol. The lowest BCUT2D eigenvalue weighted by Crippen LogP contribution is -2.04. The topological polar surface area (TPSA) is 72.2 Å². The largest absolute Gasteiger partial charge is 0.375 e. The molecular weight excluding hydrogens is 256 g/mol. The lowest BCUT2D eigenvalue weighted by atomic mass is 10.1. The number of hydrogen-bond acceptors (Lipinski definition) is 4. The Bertz CT molecular complexity index is 639. The number of nitrogens with zero attached hydrogens (tertiary/aromatic N) is 1. The van der Waals surface area contributed by atoms with Crippen LogP contribution in [0.4, 0.5) is 11.4 Å². The first-order valence-electron chi connectivity index (χ1n) is 6.15. The highest BCUT2D eigenvalue weighted by Gasteiger charge is 2.15. The van der Waals surface area contributed by atoms with Gasteiger partial charge in [-0.15, -0.1) is 0 Å². The van der Waals surface area contributed by atoms with Crippen molar-refractivity contribution in [3.8, 4) is 0 Å². The zero-order valence-electron chi connectivity index (χ0n) is 11.0. The predicted octanol–water partition coefficient (Wildman–Crippen LogP) is 3.41. The number of nitrogens with one attached hydrogen (secondary N) is 1. The molecule has 0 amide bonds. The van der Waals surface area contributed by atoms with Crippen molar-refractivity contribution in [2.24, 2.45) is 0 Å². The van der Waals surface area contributed by atoms with Gasteiger partial charge < -0.3 is 5.32 Å². The molecule has 0 saturated carbocycles. The first kappa shape index (κ1) is 13.7. The van der Waals surface area contributed by atoms with E-state index >= 15 is 0 Å². The van der Waals surface area contributed by atoms with Crippen molar-refractivity contribution in [3.05, 3.63) is 69.8 Å². The molecule has 0 fully saturated rings. The van der Waals surface area contributed by atoms with Gasteiger partial charge in [0.05, 0.1) is 4.92 Å². The average molecular weight is 270 g/mol. The molecule has 5 heteroatoms. The fourth-order valence-electron chi connectivity index (χ4n) is 1.84. The molecule has 20 heavy (non-hydrogen) atoms. The fourth-order valence-corrected chi connectivity index (χ4v) is 1.84. The van der Waals surface area contributed by atoms with Crippen LogP contribution in [0.5, 0.6) is 0 Å². The third-order valence-corrected chi connectivity index (χ3v) is 2.93. The summed E-state index contributed by atoms with van der Waals surface area (Å²) >= 11 is 0. The number of nitro groups is 1. The van der Waals surface area contributed by atoms with E-state index in [1.54, 1.807) is 12.1 Å². The van der Waals surface area contributed by atoms with Crippen LogP contribution in [0.1, 0.15) is 22.8 Å². The minimum Gasteiger partial charge on any atom is -0.375 e. The summed E-state index contributed by atoms with van der Waals surface area (Å²) in [6.07, 6.45) is 0. The van der Waals surface area contributed by atoms with Gasteiger partial charge in [0, 0.05) is 18.2 Å². The minimum absolute atomic E-state index is 0.0892. The van der Waals surface area contributed by atoms with Crippen molar-refractivity contribution < 1.29 is 9.72 Å². The Morgan fingerprint density at radius 1 is 1.20 bits per heavy atom. The van der Waals surface area contributed by atoms with Crippen LogP contribution in [0.25, 0.3) is 0 Å². The maximum Gasteiger partial charge on any atom is 0.293 e. The molecule has 0 unspecified atom stereocenters. The number of hydrogen-bond donors (Lipinski definition) is 1. The number of rotatable bonds is 5. The summed E-state index contributed by atoms with van der Waals surface area (Å²) < 4.78 is 0. The third-order valence-electron chi connectivity index (χ3n) is 2.93. The molecule has 0 saturated heterocycles. The second-order valence-corrected chi connectivity index (χ2v) is 4.38. The van der Waals surface area contributed by atoms with Crippen LogP contribution in [-0.4, -0.2) is 10.7 Å². The average Bonchev–Trinajstić information content (AvgIpc) is 2.45. The van der Waals surface area contributed by atoms with Gasteiger partial charge >= 0.3 is 0 Å². The van der Waals surface area contributed by atoms with Crippen molar-refractivity contribution in [1.29, 1.82) is 0 Å². The lowest BCUT2D eigenvalue weighted by Gasteiger charge is -2.08. The number of anilines is 1. The van der Waals surface area contributed by atoms with E-state index in [9.17, 15) is 14.9 Å². The maximum absolute atomic E-state index is 11.3. The Morgan fingerprint density at radius 3 is 2.50 bits per heavy atom. The Hall–Kier alpha value is -2.69. The minimum atomic E-state index is -0.486. The van der Waals surface area contributed by atoms with Crippen LogP contribution in [0.2, 0.25) is 0 Å². The number of benzene rings is 2. The molecule has 0 radical (unpaired) electrons. The quantitative estimate of drug-likeness (QED) is 0.513. The van der Waals surface area contributed by atoms with E-state index in [-0.39, 0.29) is 11.5 Å². The molecule has 0 atom stereocenters. The summed E-state index contributed by atoms with van der Waals surface area (Å²) in [6.45, 7) is 1.87. The van der Waals surface area contributed by atoms with Crippen LogP contribution >= 0.6 is 0 Å². The Kier molecular flexibility index (Phi) is 4.10. The normalized spacial score (nSPS) is 10.1. The van der Waals surface area contributed by atoms with Crippen molar-refractivity contribution in [3.63, 3.8) is 0 Å². The molecule has 102 valence electrons. The van der Waals surface area contributed by atoms with Gasteiger partial charge in [0.25, 0.3) is 5.69 Å². The van der Waals surface area contributed by atoms with Gasteiger partial charge in [-0.3, -0.25) is 14.9 Å². The SMILES string of the molecule is CC(=O)c1ccc(NCc2ccccc2)c([N+](=O)[O-])c1. The molecule has 0 aromatic heterocycles. The highest BCUT2D eigenvalue weighted by molar-refractivity contribution is 5.95. The molecule has 0 heterocycles. The first-order valence-corrected chi connectivity index (χ1v) is 6.15. The van der Waals surface area contributed by atoms with E-state index in [4.69, 9.17) is 0 Å². The number of carbonyl (C=O) groups excluding carboxylic acids is 1. The van der Waals surface area contributed by atoms with Crippen LogP contribution < -0.4 is 5.32 Å². The van der Waals surface area contributed by atoms with Crippen LogP contribution in [-0.2, 0) is 6.54 Å². The van der Waals surface area contributed by atoms with Crippen LogP contribution in [0.15, 0.2) is 48.5 Å². The highest BCUT2D eigenvalue weighted by Crippen LogP contribution is 2.26. The van der Waals surface area contributed by atoms with Crippen molar-refractivity contribution in [2.45, 2.75) is 13.5 Å². The second-order valence-electron chi connectivity index (χ2n) is 4.38. The van der Waals surface area contributed by atoms with Gasteiger partial charge in [-0.05, 0) is 24.6 Å². The fraction of sp³-hybridized carbons (Fsp3) is 0.133. The van der Waals surface area contributed by atoms with Crippen molar-refractivity contribution >= 4 is 17.2 Å². The molecule has 2 aromatic carbocycles. The summed E-state index contributed by atoms with van der Waals surface area (Å²) in [4.78, 5) is 21.8. The van der Waals surface area contributed by atoms with Crippen LogP contribution in [0, 0.1) is 10.1 Å². The van der Waals surface area contributed by atoms with E-state index in [1.165, 1.54) is 13.0 Å². The lowest BCUT2D eigenvalue weighted by molar-refractivity contribution is -0.384. The van der Waals surface area contributed by atoms with Crippen molar-refractivity contribution in [1.82, 2.24) is 0 Å². The molecule has 2 aromatic rings.